The van der Waals surface area contributed by atoms with E-state index in [2.05, 4.69) is 0 Å². The van der Waals surface area contributed by atoms with Crippen molar-refractivity contribution in [3.8, 4) is 0 Å². The first-order valence-electron chi connectivity index (χ1n) is 12.3. The van der Waals surface area contributed by atoms with Crippen molar-refractivity contribution in [2.45, 2.75) is 25.2 Å². The summed E-state index contributed by atoms with van der Waals surface area (Å²) < 4.78 is 5.13. The van der Waals surface area contributed by atoms with Gasteiger partial charge in [0.05, 0.1) is 28.0 Å². The molecule has 192 valence electrons. The van der Waals surface area contributed by atoms with Crippen molar-refractivity contribution < 1.29 is 28.8 Å². The lowest BCUT2D eigenvalue weighted by molar-refractivity contribution is -0.384. The maximum absolute atomic E-state index is 13.4. The van der Waals surface area contributed by atoms with Crippen LogP contribution in [0.25, 0.3) is 0 Å². The number of imide groups is 1. The summed E-state index contributed by atoms with van der Waals surface area (Å²) in [4.78, 5) is 63.1. The monoisotopic (exact) mass is 512 g/mol. The van der Waals surface area contributed by atoms with Gasteiger partial charge in [0, 0.05) is 17.7 Å². The van der Waals surface area contributed by atoms with Gasteiger partial charge in [-0.05, 0) is 48.9 Å². The van der Waals surface area contributed by atoms with Crippen LogP contribution < -0.4 is 4.90 Å². The number of ketones is 1. The summed E-state index contributed by atoms with van der Waals surface area (Å²) in [6, 6.07) is 21.1. The highest BCUT2D eigenvalue weighted by molar-refractivity contribution is 6.22. The Morgan fingerprint density at radius 2 is 1.58 bits per heavy atom. The molecule has 0 unspecified atom stereocenters. The molecule has 0 bridgehead atoms. The lowest BCUT2D eigenvalue weighted by Gasteiger charge is -2.28. The highest BCUT2D eigenvalue weighted by Gasteiger charge is 2.50. The fraction of sp³-hybridized carbons (Fsp3) is 0.241. The van der Waals surface area contributed by atoms with Gasteiger partial charge >= 0.3 is 5.97 Å². The Labute approximate surface area is 218 Å². The Bertz CT molecular complexity index is 1440. The van der Waals surface area contributed by atoms with E-state index in [9.17, 15) is 29.3 Å². The molecule has 2 fully saturated rings. The number of carbonyl (C=O) groups is 4. The van der Waals surface area contributed by atoms with Crippen LogP contribution in [0.3, 0.4) is 0 Å². The van der Waals surface area contributed by atoms with Gasteiger partial charge in [-0.25, -0.2) is 4.79 Å². The summed E-state index contributed by atoms with van der Waals surface area (Å²) in [5.41, 5.74) is 1.32. The minimum atomic E-state index is -0.814. The van der Waals surface area contributed by atoms with Crippen LogP contribution in [0, 0.1) is 22.0 Å². The normalized spacial score (nSPS) is 20.6. The average molecular weight is 513 g/mol. The third-order valence-corrected chi connectivity index (χ3v) is 7.25. The summed E-state index contributed by atoms with van der Waals surface area (Å²) >= 11 is 0. The molecule has 0 aromatic heterocycles. The number of nitro benzene ring substituents is 1. The summed E-state index contributed by atoms with van der Waals surface area (Å²) in [5, 5.41) is 10.9. The second-order valence-electron chi connectivity index (χ2n) is 9.50. The second kappa shape index (κ2) is 10.4. The number of nitrogens with zero attached hydrogens (tertiary/aromatic N) is 2. The van der Waals surface area contributed by atoms with E-state index in [-0.39, 0.29) is 46.2 Å². The molecular formula is C29H24N2O7. The fourth-order valence-corrected chi connectivity index (χ4v) is 5.32. The first-order valence-corrected chi connectivity index (χ1v) is 12.3. The Hall–Kier alpha value is -4.66. The van der Waals surface area contributed by atoms with Gasteiger partial charge in [0.2, 0.25) is 17.6 Å². The van der Waals surface area contributed by atoms with Crippen LogP contribution >= 0.6 is 0 Å². The van der Waals surface area contributed by atoms with Crippen molar-refractivity contribution in [1.29, 1.82) is 0 Å². The molecule has 1 heterocycles. The number of amides is 2. The molecule has 3 aromatic carbocycles. The third-order valence-electron chi connectivity index (χ3n) is 7.25. The zero-order valence-electron chi connectivity index (χ0n) is 20.3. The standard InChI is InChI=1S/C29H24N2O7/c32-26(20-8-4-11-23(14-20)31(36)37)17-38-29(35)21-9-5-10-22(15-21)30-27(33)24-13-12-19(16-25(24)28(30)34)18-6-2-1-3-7-18/h1-11,14-15,19,24-25H,12-13,16-17H2/t19-,24-,25-/m0/s1. The molecule has 3 atom stereocenters. The van der Waals surface area contributed by atoms with E-state index < -0.39 is 29.2 Å². The molecule has 2 aliphatic rings. The smallest absolute Gasteiger partial charge is 0.338 e. The van der Waals surface area contributed by atoms with Crippen LogP contribution in [0.2, 0.25) is 0 Å². The van der Waals surface area contributed by atoms with Crippen molar-refractivity contribution in [2.24, 2.45) is 11.8 Å². The van der Waals surface area contributed by atoms with Crippen LogP contribution in [-0.4, -0.2) is 35.1 Å². The van der Waals surface area contributed by atoms with E-state index >= 15 is 0 Å². The molecule has 2 amide bonds. The number of non-ortho nitro benzene ring substituents is 1. The van der Waals surface area contributed by atoms with E-state index in [1.165, 1.54) is 30.3 Å². The quantitative estimate of drug-likeness (QED) is 0.148. The number of rotatable bonds is 7. The molecule has 0 radical (unpaired) electrons. The first-order chi connectivity index (χ1) is 18.3. The van der Waals surface area contributed by atoms with E-state index in [1.54, 1.807) is 12.1 Å². The minimum Gasteiger partial charge on any atom is -0.454 e. The van der Waals surface area contributed by atoms with Crippen LogP contribution in [0.1, 0.15) is 51.5 Å². The highest BCUT2D eigenvalue weighted by atomic mass is 16.6. The predicted octanol–water partition coefficient (Wildman–Crippen LogP) is 4.71. The average Bonchev–Trinajstić information content (AvgIpc) is 3.20. The maximum atomic E-state index is 13.4. The van der Waals surface area contributed by atoms with Crippen molar-refractivity contribution in [3.63, 3.8) is 0 Å². The van der Waals surface area contributed by atoms with Gasteiger partial charge in [-0.3, -0.25) is 29.4 Å². The number of esters is 1. The Morgan fingerprint density at radius 3 is 2.34 bits per heavy atom. The van der Waals surface area contributed by atoms with Crippen LogP contribution in [0.4, 0.5) is 11.4 Å². The summed E-state index contributed by atoms with van der Waals surface area (Å²) in [7, 11) is 0. The van der Waals surface area contributed by atoms with Gasteiger partial charge in [-0.2, -0.15) is 0 Å². The number of hydrogen-bond donors (Lipinski definition) is 0. The Balaban J connectivity index is 1.27. The third kappa shape index (κ3) is 4.82. The Morgan fingerprint density at radius 1 is 0.868 bits per heavy atom. The van der Waals surface area contributed by atoms with E-state index in [0.717, 1.165) is 23.0 Å². The van der Waals surface area contributed by atoms with Crippen molar-refractivity contribution in [3.05, 3.63) is 106 Å². The van der Waals surface area contributed by atoms with Gasteiger partial charge in [0.15, 0.2) is 6.61 Å². The molecule has 9 heteroatoms. The molecule has 1 aliphatic carbocycles. The fourth-order valence-electron chi connectivity index (χ4n) is 5.32. The van der Waals surface area contributed by atoms with Crippen LogP contribution in [-0.2, 0) is 14.3 Å². The lowest BCUT2D eigenvalue weighted by atomic mass is 9.73. The van der Waals surface area contributed by atoms with Crippen molar-refractivity contribution in [1.82, 2.24) is 0 Å². The maximum Gasteiger partial charge on any atom is 0.338 e. The molecule has 1 saturated carbocycles. The van der Waals surface area contributed by atoms with E-state index in [4.69, 9.17) is 4.74 Å². The van der Waals surface area contributed by atoms with Gasteiger partial charge < -0.3 is 4.74 Å². The summed E-state index contributed by atoms with van der Waals surface area (Å²) in [6.07, 6.45) is 2.03. The summed E-state index contributed by atoms with van der Waals surface area (Å²) in [6.45, 7) is -0.614. The van der Waals surface area contributed by atoms with Crippen molar-refractivity contribution >= 4 is 34.9 Å². The molecule has 38 heavy (non-hydrogen) atoms. The number of Topliss-reactive ketones (excluding diaryl/α,β-unsaturated/α-hetero) is 1. The second-order valence-corrected chi connectivity index (χ2v) is 9.50. The minimum absolute atomic E-state index is 0.0467. The number of fused-ring (bicyclic) bond motifs is 1. The number of carbonyl (C=O) groups excluding carboxylic acids is 4. The lowest BCUT2D eigenvalue weighted by Crippen LogP contribution is -2.31. The first kappa shape index (κ1) is 25.0. The summed E-state index contributed by atoms with van der Waals surface area (Å²) in [5.74, 6) is -2.54. The van der Waals surface area contributed by atoms with Gasteiger partial charge in [0.1, 0.15) is 0 Å². The Kier molecular flexibility index (Phi) is 6.83. The molecule has 1 aliphatic heterocycles. The molecule has 1 saturated heterocycles. The van der Waals surface area contributed by atoms with Crippen molar-refractivity contribution in [2.75, 3.05) is 11.5 Å². The molecule has 9 nitrogen and oxygen atoms in total. The van der Waals surface area contributed by atoms with E-state index in [0.29, 0.717) is 12.8 Å². The van der Waals surface area contributed by atoms with Gasteiger partial charge in [0.25, 0.3) is 5.69 Å². The number of benzene rings is 3. The van der Waals surface area contributed by atoms with Crippen LogP contribution in [0.5, 0.6) is 0 Å². The molecule has 0 N–H and O–H groups in total. The number of nitro groups is 1. The molecule has 5 rings (SSSR count). The molecule has 0 spiro atoms. The molecular weight excluding hydrogens is 488 g/mol. The van der Waals surface area contributed by atoms with Crippen LogP contribution in [0.15, 0.2) is 78.9 Å². The zero-order valence-corrected chi connectivity index (χ0v) is 20.3. The number of hydrogen-bond acceptors (Lipinski definition) is 7. The van der Waals surface area contributed by atoms with E-state index in [1.807, 2.05) is 30.3 Å². The number of anilines is 1. The largest absolute Gasteiger partial charge is 0.454 e. The number of ether oxygens (including phenoxy) is 1. The highest BCUT2D eigenvalue weighted by Crippen LogP contribution is 2.45. The van der Waals surface area contributed by atoms with Gasteiger partial charge in [-0.15, -0.1) is 0 Å². The predicted molar refractivity (Wildman–Crippen MR) is 137 cm³/mol. The SMILES string of the molecule is O=C(COC(=O)c1cccc(N2C(=O)[C@H]3CC[C@H](c4ccccc4)C[C@@H]3C2=O)c1)c1cccc([N+](=O)[O-])c1. The zero-order chi connectivity index (χ0) is 26.8. The van der Waals surface area contributed by atoms with Gasteiger partial charge in [-0.1, -0.05) is 48.5 Å². The molecule has 3 aromatic rings. The topological polar surface area (TPSA) is 124 Å².